The first kappa shape index (κ1) is 14.8. The monoisotopic (exact) mass is 334 g/mol. The third-order valence-corrected chi connectivity index (χ3v) is 4.94. The average Bonchev–Trinajstić information content (AvgIpc) is 3.04. The lowest BCUT2D eigenvalue weighted by atomic mass is 10.0. The van der Waals surface area contributed by atoms with Crippen molar-refractivity contribution in [1.29, 1.82) is 0 Å². The van der Waals surface area contributed by atoms with E-state index in [1.165, 1.54) is 22.0 Å². The molecule has 0 aliphatic heterocycles. The van der Waals surface area contributed by atoms with Crippen molar-refractivity contribution in [1.82, 2.24) is 4.57 Å². The van der Waals surface area contributed by atoms with E-state index in [2.05, 4.69) is 77.4 Å². The largest absolute Gasteiger partial charge is 0.398 e. The average molecular weight is 334 g/mol. The number of para-hydroxylation sites is 1. The Morgan fingerprint density at radius 1 is 0.577 bits per heavy atom. The Hall–Kier alpha value is -3.52. The molecule has 0 radical (unpaired) electrons. The van der Waals surface area contributed by atoms with Crippen molar-refractivity contribution in [3.05, 3.63) is 97.1 Å². The van der Waals surface area contributed by atoms with E-state index in [9.17, 15) is 0 Å². The van der Waals surface area contributed by atoms with Crippen LogP contribution in [0.3, 0.4) is 0 Å². The molecule has 0 saturated carbocycles. The summed E-state index contributed by atoms with van der Waals surface area (Å²) in [5, 5.41) is 2.30. The Labute approximate surface area is 152 Å². The molecular formula is C24H18N2. The SMILES string of the molecule is Nc1cccc2c1c1cc(-c3ccccc3)ccc1n2-c1ccccc1. The minimum Gasteiger partial charge on any atom is -0.398 e. The van der Waals surface area contributed by atoms with E-state index in [1.807, 2.05) is 24.3 Å². The maximum atomic E-state index is 6.39. The van der Waals surface area contributed by atoms with Gasteiger partial charge in [0.1, 0.15) is 0 Å². The van der Waals surface area contributed by atoms with Crippen molar-refractivity contribution in [2.75, 3.05) is 5.73 Å². The molecule has 0 unspecified atom stereocenters. The summed E-state index contributed by atoms with van der Waals surface area (Å²) in [6.07, 6.45) is 0. The number of fused-ring (bicyclic) bond motifs is 3. The van der Waals surface area contributed by atoms with Gasteiger partial charge in [-0.15, -0.1) is 0 Å². The number of aromatic nitrogens is 1. The van der Waals surface area contributed by atoms with Gasteiger partial charge in [-0.2, -0.15) is 0 Å². The number of nitrogens with two attached hydrogens (primary N) is 1. The number of nitrogen functional groups attached to an aromatic ring is 1. The summed E-state index contributed by atoms with van der Waals surface area (Å²) in [5.74, 6) is 0. The molecule has 2 heteroatoms. The Bertz CT molecular complexity index is 1220. The number of hydrogen-bond acceptors (Lipinski definition) is 1. The van der Waals surface area contributed by atoms with Gasteiger partial charge in [-0.05, 0) is 47.5 Å². The highest BCUT2D eigenvalue weighted by molar-refractivity contribution is 6.15. The van der Waals surface area contributed by atoms with Crippen molar-refractivity contribution in [2.24, 2.45) is 0 Å². The van der Waals surface area contributed by atoms with Gasteiger partial charge in [0, 0.05) is 22.1 Å². The summed E-state index contributed by atoms with van der Waals surface area (Å²) in [6, 6.07) is 33.7. The van der Waals surface area contributed by atoms with Crippen LogP contribution in [0.4, 0.5) is 5.69 Å². The Morgan fingerprint density at radius 2 is 1.31 bits per heavy atom. The first-order valence-corrected chi connectivity index (χ1v) is 8.76. The summed E-state index contributed by atoms with van der Waals surface area (Å²) < 4.78 is 2.29. The third-order valence-electron chi connectivity index (χ3n) is 4.94. The zero-order valence-corrected chi connectivity index (χ0v) is 14.3. The van der Waals surface area contributed by atoms with Crippen LogP contribution in [0.2, 0.25) is 0 Å². The zero-order valence-electron chi connectivity index (χ0n) is 14.3. The van der Waals surface area contributed by atoms with E-state index in [1.54, 1.807) is 0 Å². The van der Waals surface area contributed by atoms with E-state index in [0.29, 0.717) is 0 Å². The summed E-state index contributed by atoms with van der Waals surface area (Å²) in [5.41, 5.74) is 13.1. The summed E-state index contributed by atoms with van der Waals surface area (Å²) in [7, 11) is 0. The molecular weight excluding hydrogens is 316 g/mol. The van der Waals surface area contributed by atoms with Crippen LogP contribution in [0.5, 0.6) is 0 Å². The normalized spacial score (nSPS) is 11.2. The first-order chi connectivity index (χ1) is 12.8. The molecule has 124 valence electrons. The second-order valence-corrected chi connectivity index (χ2v) is 6.51. The van der Waals surface area contributed by atoms with Crippen LogP contribution in [-0.2, 0) is 0 Å². The quantitative estimate of drug-likeness (QED) is 0.392. The molecule has 5 aromatic rings. The van der Waals surface area contributed by atoms with Crippen molar-refractivity contribution in [3.63, 3.8) is 0 Å². The number of anilines is 1. The predicted octanol–water partition coefficient (Wildman–Crippen LogP) is 6.03. The highest BCUT2D eigenvalue weighted by Crippen LogP contribution is 2.37. The number of nitrogens with zero attached hydrogens (tertiary/aromatic N) is 1. The molecule has 2 N–H and O–H groups in total. The van der Waals surface area contributed by atoms with Gasteiger partial charge in [0.15, 0.2) is 0 Å². The molecule has 1 heterocycles. The minimum absolute atomic E-state index is 0.812. The predicted molar refractivity (Wildman–Crippen MR) is 111 cm³/mol. The molecule has 0 aliphatic carbocycles. The topological polar surface area (TPSA) is 30.9 Å². The molecule has 2 nitrogen and oxygen atoms in total. The molecule has 0 spiro atoms. The summed E-state index contributed by atoms with van der Waals surface area (Å²) in [6.45, 7) is 0. The fraction of sp³-hybridized carbons (Fsp3) is 0. The fourth-order valence-electron chi connectivity index (χ4n) is 3.76. The first-order valence-electron chi connectivity index (χ1n) is 8.76. The highest BCUT2D eigenvalue weighted by atomic mass is 15.0. The van der Waals surface area contributed by atoms with Crippen LogP contribution in [0.25, 0.3) is 38.6 Å². The maximum absolute atomic E-state index is 6.39. The number of rotatable bonds is 2. The van der Waals surface area contributed by atoms with Crippen LogP contribution in [0.1, 0.15) is 0 Å². The van der Waals surface area contributed by atoms with Gasteiger partial charge in [-0.1, -0.05) is 60.7 Å². The Kier molecular flexibility index (Phi) is 3.29. The molecule has 1 aromatic heterocycles. The maximum Gasteiger partial charge on any atom is 0.0561 e. The minimum atomic E-state index is 0.812. The zero-order chi connectivity index (χ0) is 17.5. The van der Waals surface area contributed by atoms with E-state index >= 15 is 0 Å². The molecule has 26 heavy (non-hydrogen) atoms. The van der Waals surface area contributed by atoms with Crippen molar-refractivity contribution in [3.8, 4) is 16.8 Å². The molecule has 4 aromatic carbocycles. The Morgan fingerprint density at radius 3 is 2.08 bits per heavy atom. The lowest BCUT2D eigenvalue weighted by Gasteiger charge is -2.08. The molecule has 0 aliphatic rings. The number of benzene rings is 4. The molecule has 0 saturated heterocycles. The highest BCUT2D eigenvalue weighted by Gasteiger charge is 2.14. The third kappa shape index (κ3) is 2.20. The van der Waals surface area contributed by atoms with Crippen LogP contribution in [0, 0.1) is 0 Å². The van der Waals surface area contributed by atoms with Crippen LogP contribution in [0.15, 0.2) is 97.1 Å². The van der Waals surface area contributed by atoms with Crippen molar-refractivity contribution < 1.29 is 0 Å². The van der Waals surface area contributed by atoms with Gasteiger partial charge < -0.3 is 10.3 Å². The molecule has 5 rings (SSSR count). The van der Waals surface area contributed by atoms with Gasteiger partial charge in [-0.25, -0.2) is 0 Å². The molecule has 0 fully saturated rings. The van der Waals surface area contributed by atoms with Crippen LogP contribution < -0.4 is 5.73 Å². The van der Waals surface area contributed by atoms with Crippen LogP contribution >= 0.6 is 0 Å². The van der Waals surface area contributed by atoms with Gasteiger partial charge in [-0.3, -0.25) is 0 Å². The van der Waals surface area contributed by atoms with Gasteiger partial charge >= 0.3 is 0 Å². The van der Waals surface area contributed by atoms with E-state index < -0.39 is 0 Å². The standard InChI is InChI=1S/C24H18N2/c25-21-12-7-13-23-24(21)20-16-18(17-8-3-1-4-9-17)14-15-22(20)26(23)19-10-5-2-6-11-19/h1-16H,25H2. The molecule has 0 bridgehead atoms. The second-order valence-electron chi connectivity index (χ2n) is 6.51. The fourth-order valence-corrected chi connectivity index (χ4v) is 3.76. The lowest BCUT2D eigenvalue weighted by molar-refractivity contribution is 1.18. The van der Waals surface area contributed by atoms with Crippen molar-refractivity contribution >= 4 is 27.5 Å². The van der Waals surface area contributed by atoms with E-state index in [4.69, 9.17) is 5.73 Å². The molecule has 0 amide bonds. The summed E-state index contributed by atoms with van der Waals surface area (Å²) >= 11 is 0. The van der Waals surface area contributed by atoms with Gasteiger partial charge in [0.25, 0.3) is 0 Å². The van der Waals surface area contributed by atoms with E-state index in [0.717, 1.165) is 22.3 Å². The summed E-state index contributed by atoms with van der Waals surface area (Å²) in [4.78, 5) is 0. The second kappa shape index (κ2) is 5.78. The van der Waals surface area contributed by atoms with Crippen LogP contribution in [-0.4, -0.2) is 4.57 Å². The van der Waals surface area contributed by atoms with Gasteiger partial charge in [0.05, 0.1) is 11.0 Å². The number of hydrogen-bond donors (Lipinski definition) is 1. The van der Waals surface area contributed by atoms with Gasteiger partial charge in [0.2, 0.25) is 0 Å². The Balaban J connectivity index is 1.89. The lowest BCUT2D eigenvalue weighted by Crippen LogP contribution is -1.93. The molecule has 0 atom stereocenters. The van der Waals surface area contributed by atoms with E-state index in [-0.39, 0.29) is 0 Å². The van der Waals surface area contributed by atoms with Crippen molar-refractivity contribution in [2.45, 2.75) is 0 Å². The smallest absolute Gasteiger partial charge is 0.0561 e.